The van der Waals surface area contributed by atoms with Crippen LogP contribution in [-0.4, -0.2) is 44.9 Å². The van der Waals surface area contributed by atoms with E-state index in [4.69, 9.17) is 4.98 Å². The zero-order valence-electron chi connectivity index (χ0n) is 24.4. The highest BCUT2D eigenvalue weighted by atomic mass is 32.1. The molecule has 4 aromatic rings. The number of aliphatic hydroxyl groups excluding tert-OH is 1. The zero-order chi connectivity index (χ0) is 31.4. The lowest BCUT2D eigenvalue weighted by Gasteiger charge is -2.35. The van der Waals surface area contributed by atoms with E-state index in [-0.39, 0.29) is 17.9 Å². The van der Waals surface area contributed by atoms with Crippen LogP contribution in [0.15, 0.2) is 84.2 Å². The number of hydrogen-bond donors (Lipinski definition) is 1. The molecule has 1 fully saturated rings. The van der Waals surface area contributed by atoms with Gasteiger partial charge in [-0.2, -0.15) is 18.4 Å². The predicted octanol–water partition coefficient (Wildman–Crippen LogP) is 7.81. The molecule has 1 amide bonds. The van der Waals surface area contributed by atoms with Gasteiger partial charge in [-0.05, 0) is 55.5 Å². The second kappa shape index (κ2) is 13.3. The van der Waals surface area contributed by atoms with Crippen LogP contribution in [0.25, 0.3) is 11.1 Å². The molecule has 0 saturated carbocycles. The van der Waals surface area contributed by atoms with Crippen LogP contribution >= 0.6 is 11.3 Å². The molecule has 3 aromatic carbocycles. The Morgan fingerprint density at radius 3 is 2.27 bits per heavy atom. The minimum Gasteiger partial charge on any atom is -0.374 e. The lowest BCUT2D eigenvalue weighted by atomic mass is 9.94. The maximum atomic E-state index is 13.6. The van der Waals surface area contributed by atoms with Crippen molar-refractivity contribution < 1.29 is 23.1 Å². The Balaban J connectivity index is 1.26. The van der Waals surface area contributed by atoms with E-state index in [1.807, 2.05) is 55.1 Å². The maximum Gasteiger partial charge on any atom is 0.416 e. The molecule has 1 aliphatic heterocycles. The molecule has 0 aliphatic carbocycles. The third-order valence-electron chi connectivity index (χ3n) is 8.03. The Morgan fingerprint density at radius 2 is 1.66 bits per heavy atom. The summed E-state index contributed by atoms with van der Waals surface area (Å²) in [7, 11) is 0. The van der Waals surface area contributed by atoms with E-state index in [2.05, 4.69) is 6.07 Å². The highest BCUT2D eigenvalue weighted by Crippen LogP contribution is 2.37. The van der Waals surface area contributed by atoms with E-state index in [9.17, 15) is 28.3 Å². The third-order valence-corrected chi connectivity index (χ3v) is 9.04. The molecule has 0 spiro atoms. The summed E-state index contributed by atoms with van der Waals surface area (Å²) in [5.74, 6) is -0.172. The van der Waals surface area contributed by atoms with Gasteiger partial charge >= 0.3 is 6.18 Å². The van der Waals surface area contributed by atoms with E-state index in [0.29, 0.717) is 35.5 Å². The van der Waals surface area contributed by atoms with E-state index >= 15 is 0 Å². The number of piperidine rings is 1. The number of benzene rings is 3. The largest absolute Gasteiger partial charge is 0.416 e. The highest BCUT2D eigenvalue weighted by molar-refractivity contribution is 7.09. The fourth-order valence-electron chi connectivity index (χ4n) is 5.70. The van der Waals surface area contributed by atoms with Crippen LogP contribution in [-0.2, 0) is 6.18 Å². The third kappa shape index (κ3) is 6.70. The first-order chi connectivity index (χ1) is 21.1. The van der Waals surface area contributed by atoms with Gasteiger partial charge in [0, 0.05) is 36.0 Å². The lowest BCUT2D eigenvalue weighted by molar-refractivity contribution is -0.137. The van der Waals surface area contributed by atoms with Gasteiger partial charge < -0.3 is 10.0 Å². The standard InChI is InChI=1S/C34H33F3N4O2S/c1-22(2)41(30(20-38)24-8-4-3-5-9-24)33(43)29-21-44-31(39-29)25-16-18-40(19-17-25)32(42)28-11-7-6-10-27(28)23-12-14-26(15-13-23)34(35,36)37/h3-15,21-22,25,30,32,42H,16-19H2,1-2H3. The molecule has 2 atom stereocenters. The molecule has 0 bridgehead atoms. The van der Waals surface area contributed by atoms with Gasteiger partial charge in [-0.1, -0.05) is 66.7 Å². The second-order valence-electron chi connectivity index (χ2n) is 11.2. The molecular formula is C34H33F3N4O2S. The molecular weight excluding hydrogens is 585 g/mol. The summed E-state index contributed by atoms with van der Waals surface area (Å²) in [5, 5.41) is 23.9. The number of amides is 1. The van der Waals surface area contributed by atoms with Crippen LogP contribution in [0.2, 0.25) is 0 Å². The number of hydrogen-bond acceptors (Lipinski definition) is 6. The first-order valence-electron chi connectivity index (χ1n) is 14.5. The number of thiazole rings is 1. The quantitative estimate of drug-likeness (QED) is 0.218. The summed E-state index contributed by atoms with van der Waals surface area (Å²) in [5.41, 5.74) is 2.27. The van der Waals surface area contributed by atoms with Gasteiger partial charge in [0.05, 0.1) is 16.6 Å². The molecule has 6 nitrogen and oxygen atoms in total. The van der Waals surface area contributed by atoms with E-state index < -0.39 is 24.0 Å². The number of alkyl halides is 3. The second-order valence-corrected chi connectivity index (χ2v) is 12.1. The fourth-order valence-corrected chi connectivity index (χ4v) is 6.66. The molecule has 1 N–H and O–H groups in total. The molecule has 1 saturated heterocycles. The molecule has 1 aliphatic rings. The molecule has 228 valence electrons. The highest BCUT2D eigenvalue weighted by Gasteiger charge is 2.33. The van der Waals surface area contributed by atoms with Crippen molar-refractivity contribution in [3.05, 3.63) is 112 Å². The number of carbonyl (C=O) groups excluding carboxylic acids is 1. The minimum atomic E-state index is -4.41. The van der Waals surface area contributed by atoms with Gasteiger partial charge in [0.2, 0.25) is 0 Å². The van der Waals surface area contributed by atoms with Gasteiger partial charge in [0.1, 0.15) is 18.0 Å². The Labute approximate surface area is 259 Å². The Bertz CT molecular complexity index is 1610. The maximum absolute atomic E-state index is 13.6. The van der Waals surface area contributed by atoms with Crippen molar-refractivity contribution in [1.82, 2.24) is 14.8 Å². The van der Waals surface area contributed by atoms with Gasteiger partial charge in [0.15, 0.2) is 0 Å². The number of aliphatic hydroxyl groups is 1. The van der Waals surface area contributed by atoms with Crippen LogP contribution in [0.4, 0.5) is 13.2 Å². The number of likely N-dealkylation sites (tertiary alicyclic amines) is 1. The average Bonchev–Trinajstić information content (AvgIpc) is 3.53. The number of rotatable bonds is 8. The molecule has 0 radical (unpaired) electrons. The summed E-state index contributed by atoms with van der Waals surface area (Å²) >= 11 is 1.43. The summed E-state index contributed by atoms with van der Waals surface area (Å²) < 4.78 is 39.2. The Morgan fingerprint density at radius 1 is 1.02 bits per heavy atom. The number of nitrogens with zero attached hydrogens (tertiary/aromatic N) is 4. The van der Waals surface area contributed by atoms with Crippen molar-refractivity contribution in [3.63, 3.8) is 0 Å². The molecule has 2 heterocycles. The predicted molar refractivity (Wildman–Crippen MR) is 164 cm³/mol. The molecule has 10 heteroatoms. The van der Waals surface area contributed by atoms with Crippen molar-refractivity contribution in [2.75, 3.05) is 13.1 Å². The summed E-state index contributed by atoms with van der Waals surface area (Å²) in [6, 6.07) is 22.8. The normalized spacial score (nSPS) is 16.0. The monoisotopic (exact) mass is 618 g/mol. The van der Waals surface area contributed by atoms with Crippen molar-refractivity contribution in [3.8, 4) is 17.2 Å². The topological polar surface area (TPSA) is 80.5 Å². The Kier molecular flexibility index (Phi) is 9.49. The number of nitriles is 1. The average molecular weight is 619 g/mol. The molecule has 44 heavy (non-hydrogen) atoms. The van der Waals surface area contributed by atoms with Crippen molar-refractivity contribution in [1.29, 1.82) is 5.26 Å². The van der Waals surface area contributed by atoms with Gasteiger partial charge in [-0.3, -0.25) is 9.69 Å². The van der Waals surface area contributed by atoms with Crippen LogP contribution in [0.5, 0.6) is 0 Å². The summed E-state index contributed by atoms with van der Waals surface area (Å²) in [6.07, 6.45) is -3.90. The first-order valence-corrected chi connectivity index (χ1v) is 15.4. The van der Waals surface area contributed by atoms with E-state index in [0.717, 1.165) is 35.5 Å². The Hall–Kier alpha value is -4.04. The summed E-state index contributed by atoms with van der Waals surface area (Å²) in [6.45, 7) is 4.93. The smallest absolute Gasteiger partial charge is 0.374 e. The minimum absolute atomic E-state index is 0.114. The molecule has 5 rings (SSSR count). The lowest BCUT2D eigenvalue weighted by Crippen LogP contribution is -2.40. The number of halogens is 3. The first kappa shape index (κ1) is 31.4. The van der Waals surface area contributed by atoms with Crippen LogP contribution in [0.3, 0.4) is 0 Å². The van der Waals surface area contributed by atoms with Crippen molar-refractivity contribution >= 4 is 17.2 Å². The zero-order valence-corrected chi connectivity index (χ0v) is 25.2. The van der Waals surface area contributed by atoms with Crippen molar-refractivity contribution in [2.45, 2.75) is 57.1 Å². The molecule has 1 aromatic heterocycles. The number of carbonyl (C=O) groups is 1. The van der Waals surface area contributed by atoms with Gasteiger partial charge in [0.25, 0.3) is 5.91 Å². The molecule has 2 unspecified atom stereocenters. The fraction of sp³-hybridized carbons (Fsp3) is 0.324. The van der Waals surface area contributed by atoms with Gasteiger partial charge in [-0.25, -0.2) is 4.98 Å². The summed E-state index contributed by atoms with van der Waals surface area (Å²) in [4.78, 5) is 21.8. The SMILES string of the molecule is CC(C)N(C(=O)c1csc(C2CCN(C(O)c3ccccc3-c3ccc(C(F)(F)F)cc3)CC2)n1)C(C#N)c1ccccc1. The van der Waals surface area contributed by atoms with Crippen LogP contribution in [0.1, 0.15) is 77.1 Å². The van der Waals surface area contributed by atoms with Crippen LogP contribution in [0, 0.1) is 11.3 Å². The van der Waals surface area contributed by atoms with Gasteiger partial charge in [-0.15, -0.1) is 11.3 Å². The van der Waals surface area contributed by atoms with Crippen molar-refractivity contribution in [2.24, 2.45) is 0 Å². The van der Waals surface area contributed by atoms with Crippen LogP contribution < -0.4 is 0 Å². The van der Waals surface area contributed by atoms with E-state index in [1.54, 1.807) is 28.5 Å². The van der Waals surface area contributed by atoms with E-state index in [1.165, 1.54) is 23.5 Å². The number of aromatic nitrogens is 1.